The zero-order valence-corrected chi connectivity index (χ0v) is 13.4. The van der Waals surface area contributed by atoms with E-state index in [1.807, 2.05) is 18.2 Å². The third kappa shape index (κ3) is 4.00. The van der Waals surface area contributed by atoms with Crippen molar-refractivity contribution in [3.05, 3.63) is 35.9 Å². The topological polar surface area (TPSA) is 72.3 Å². The summed E-state index contributed by atoms with van der Waals surface area (Å²) < 4.78 is 7.00. The molecule has 1 aromatic carbocycles. The smallest absolute Gasteiger partial charge is 0.226 e. The average molecular weight is 336 g/mol. The Morgan fingerprint density at radius 3 is 2.91 bits per heavy atom. The van der Waals surface area contributed by atoms with Crippen LogP contribution in [0.25, 0.3) is 0 Å². The number of nitrogens with one attached hydrogen (secondary N) is 1. The zero-order valence-electron chi connectivity index (χ0n) is 12.6. The molecule has 3 rings (SSSR count). The van der Waals surface area contributed by atoms with Crippen LogP contribution in [-0.2, 0) is 16.1 Å². The Kier molecular flexibility index (Phi) is 5.09. The molecule has 0 aliphatic carbocycles. The second kappa shape index (κ2) is 7.43. The highest BCUT2D eigenvalue weighted by atomic mass is 35.5. The highest BCUT2D eigenvalue weighted by molar-refractivity contribution is 6.34. The van der Waals surface area contributed by atoms with Crippen molar-refractivity contribution in [2.75, 3.05) is 36.5 Å². The van der Waals surface area contributed by atoms with Crippen LogP contribution in [0.4, 0.5) is 11.4 Å². The van der Waals surface area contributed by atoms with Crippen molar-refractivity contribution in [3.63, 3.8) is 0 Å². The molecular weight excluding hydrogens is 318 g/mol. The van der Waals surface area contributed by atoms with Crippen LogP contribution in [0.15, 0.2) is 30.9 Å². The van der Waals surface area contributed by atoms with Gasteiger partial charge in [-0.15, -0.1) is 0 Å². The number of nitrogens with zero attached hydrogens (tertiary/aromatic N) is 4. The van der Waals surface area contributed by atoms with Crippen molar-refractivity contribution >= 4 is 28.9 Å². The van der Waals surface area contributed by atoms with Crippen LogP contribution in [0.5, 0.6) is 0 Å². The molecule has 1 aliphatic heterocycles. The summed E-state index contributed by atoms with van der Waals surface area (Å²) >= 11 is 6.35. The lowest BCUT2D eigenvalue weighted by molar-refractivity contribution is -0.116. The lowest BCUT2D eigenvalue weighted by Crippen LogP contribution is -2.37. The number of aromatic nitrogens is 3. The summed E-state index contributed by atoms with van der Waals surface area (Å²) in [7, 11) is 0. The molecule has 0 bridgehead atoms. The van der Waals surface area contributed by atoms with Gasteiger partial charge in [-0.2, -0.15) is 5.10 Å². The highest BCUT2D eigenvalue weighted by Gasteiger charge is 2.18. The summed E-state index contributed by atoms with van der Waals surface area (Å²) in [4.78, 5) is 18.2. The van der Waals surface area contributed by atoms with E-state index < -0.39 is 0 Å². The molecule has 122 valence electrons. The maximum Gasteiger partial charge on any atom is 0.226 e. The van der Waals surface area contributed by atoms with Crippen molar-refractivity contribution < 1.29 is 9.53 Å². The number of carbonyl (C=O) groups excluding carboxylic acids is 1. The van der Waals surface area contributed by atoms with E-state index in [1.165, 1.54) is 6.33 Å². The van der Waals surface area contributed by atoms with E-state index in [0.29, 0.717) is 31.2 Å². The van der Waals surface area contributed by atoms with E-state index >= 15 is 0 Å². The SMILES string of the molecule is O=C(CCn1cncn1)Nc1cccc(Cl)c1N1CCOCC1. The molecule has 1 aromatic heterocycles. The van der Waals surface area contributed by atoms with Gasteiger partial charge in [0.25, 0.3) is 0 Å². The summed E-state index contributed by atoms with van der Waals surface area (Å²) in [5.74, 6) is -0.0859. The Morgan fingerprint density at radius 1 is 1.35 bits per heavy atom. The van der Waals surface area contributed by atoms with Gasteiger partial charge in [-0.1, -0.05) is 17.7 Å². The van der Waals surface area contributed by atoms with Crippen LogP contribution in [0.1, 0.15) is 6.42 Å². The van der Waals surface area contributed by atoms with Gasteiger partial charge in [0.1, 0.15) is 12.7 Å². The summed E-state index contributed by atoms with van der Waals surface area (Å²) in [6.45, 7) is 3.31. The van der Waals surface area contributed by atoms with Gasteiger partial charge < -0.3 is 15.0 Å². The number of morpholine rings is 1. The molecule has 2 heterocycles. The first-order chi connectivity index (χ1) is 11.2. The molecule has 0 radical (unpaired) electrons. The first-order valence-corrected chi connectivity index (χ1v) is 7.85. The lowest BCUT2D eigenvalue weighted by atomic mass is 10.2. The Morgan fingerprint density at radius 2 is 2.17 bits per heavy atom. The van der Waals surface area contributed by atoms with Crippen molar-refractivity contribution in [2.45, 2.75) is 13.0 Å². The van der Waals surface area contributed by atoms with Crippen molar-refractivity contribution in [3.8, 4) is 0 Å². The molecule has 1 saturated heterocycles. The van der Waals surface area contributed by atoms with Crippen molar-refractivity contribution in [2.24, 2.45) is 0 Å². The number of para-hydroxylation sites is 1. The van der Waals surface area contributed by atoms with Crippen molar-refractivity contribution in [1.29, 1.82) is 0 Å². The summed E-state index contributed by atoms with van der Waals surface area (Å²) in [6, 6.07) is 5.53. The normalized spacial score (nSPS) is 14.7. The van der Waals surface area contributed by atoms with Crippen molar-refractivity contribution in [1.82, 2.24) is 14.8 Å². The molecule has 0 unspecified atom stereocenters. The number of halogens is 1. The van der Waals surface area contributed by atoms with E-state index in [2.05, 4.69) is 20.3 Å². The highest BCUT2D eigenvalue weighted by Crippen LogP contribution is 2.34. The van der Waals surface area contributed by atoms with Crippen LogP contribution in [0.2, 0.25) is 5.02 Å². The van der Waals surface area contributed by atoms with E-state index in [-0.39, 0.29) is 5.91 Å². The van der Waals surface area contributed by atoms with Gasteiger partial charge in [-0.25, -0.2) is 4.98 Å². The molecule has 1 aliphatic rings. The molecule has 7 nitrogen and oxygen atoms in total. The molecule has 1 N–H and O–H groups in total. The lowest BCUT2D eigenvalue weighted by Gasteiger charge is -2.31. The standard InChI is InChI=1S/C15H18ClN5O2/c16-12-2-1-3-13(15(12)20-6-8-23-9-7-20)19-14(22)4-5-21-11-17-10-18-21/h1-3,10-11H,4-9H2,(H,19,22). The van der Waals surface area contributed by atoms with Gasteiger partial charge in [0.15, 0.2) is 0 Å². The van der Waals surface area contributed by atoms with Gasteiger partial charge in [-0.05, 0) is 12.1 Å². The van der Waals surface area contributed by atoms with E-state index in [1.54, 1.807) is 11.0 Å². The number of hydrogen-bond donors (Lipinski definition) is 1. The number of anilines is 2. The first kappa shape index (κ1) is 15.8. The Balaban J connectivity index is 1.69. The number of aryl methyl sites for hydroxylation is 1. The largest absolute Gasteiger partial charge is 0.378 e. The monoisotopic (exact) mass is 335 g/mol. The van der Waals surface area contributed by atoms with Gasteiger partial charge in [0, 0.05) is 19.5 Å². The minimum absolute atomic E-state index is 0.0859. The van der Waals surface area contributed by atoms with Gasteiger partial charge in [-0.3, -0.25) is 9.48 Å². The van der Waals surface area contributed by atoms with Gasteiger partial charge in [0.2, 0.25) is 5.91 Å². The molecule has 0 spiro atoms. The second-order valence-electron chi connectivity index (χ2n) is 5.19. The minimum atomic E-state index is -0.0859. The van der Waals surface area contributed by atoms with Gasteiger partial charge >= 0.3 is 0 Å². The molecule has 0 atom stereocenters. The number of benzene rings is 1. The van der Waals surface area contributed by atoms with E-state index in [4.69, 9.17) is 16.3 Å². The van der Waals surface area contributed by atoms with Crippen LogP contribution >= 0.6 is 11.6 Å². The quantitative estimate of drug-likeness (QED) is 0.902. The molecule has 23 heavy (non-hydrogen) atoms. The van der Waals surface area contributed by atoms with Crippen LogP contribution in [-0.4, -0.2) is 47.0 Å². The fourth-order valence-electron chi connectivity index (χ4n) is 2.50. The minimum Gasteiger partial charge on any atom is -0.378 e. The fourth-order valence-corrected chi connectivity index (χ4v) is 2.80. The van der Waals surface area contributed by atoms with Crippen LogP contribution < -0.4 is 10.2 Å². The Hall–Kier alpha value is -2.12. The predicted molar refractivity (Wildman–Crippen MR) is 87.8 cm³/mol. The number of rotatable bonds is 5. The second-order valence-corrected chi connectivity index (χ2v) is 5.60. The molecular formula is C15H18ClN5O2. The number of ether oxygens (including phenoxy) is 1. The Bertz CT molecular complexity index is 656. The maximum absolute atomic E-state index is 12.2. The predicted octanol–water partition coefficient (Wildman–Crippen LogP) is 1.80. The summed E-state index contributed by atoms with van der Waals surface area (Å²) in [6.07, 6.45) is 3.36. The number of carbonyl (C=O) groups is 1. The average Bonchev–Trinajstić information content (AvgIpc) is 3.07. The van der Waals surface area contributed by atoms with Crippen LogP contribution in [0, 0.1) is 0 Å². The third-order valence-electron chi connectivity index (χ3n) is 3.62. The third-order valence-corrected chi connectivity index (χ3v) is 3.93. The molecule has 1 amide bonds. The number of hydrogen-bond acceptors (Lipinski definition) is 5. The molecule has 0 saturated carbocycles. The first-order valence-electron chi connectivity index (χ1n) is 7.47. The molecule has 1 fully saturated rings. The molecule has 8 heteroatoms. The Labute approximate surface area is 139 Å². The zero-order chi connectivity index (χ0) is 16.1. The van der Waals surface area contributed by atoms with E-state index in [9.17, 15) is 4.79 Å². The maximum atomic E-state index is 12.2. The van der Waals surface area contributed by atoms with Gasteiger partial charge in [0.05, 0.1) is 36.2 Å². The fraction of sp³-hybridized carbons (Fsp3) is 0.400. The number of amides is 1. The van der Waals surface area contributed by atoms with E-state index in [0.717, 1.165) is 24.5 Å². The summed E-state index contributed by atoms with van der Waals surface area (Å²) in [5.41, 5.74) is 1.58. The van der Waals surface area contributed by atoms with Crippen LogP contribution in [0.3, 0.4) is 0 Å². The molecule has 2 aromatic rings. The summed E-state index contributed by atoms with van der Waals surface area (Å²) in [5, 5.41) is 7.55.